The Morgan fingerprint density at radius 2 is 2.15 bits per heavy atom. The second-order valence-corrected chi connectivity index (χ2v) is 10.8. The molecule has 5 nitrogen and oxygen atoms in total. The fourth-order valence-electron chi connectivity index (χ4n) is 2.21. The van der Waals surface area contributed by atoms with Crippen LogP contribution in [-0.4, -0.2) is 34.9 Å². The molecule has 0 bridgehead atoms. The van der Waals surface area contributed by atoms with Crippen molar-refractivity contribution in [2.75, 3.05) is 18.1 Å². The first-order chi connectivity index (χ1) is 9.28. The van der Waals surface area contributed by atoms with Crippen molar-refractivity contribution in [3.63, 3.8) is 0 Å². The second-order valence-electron chi connectivity index (χ2n) is 4.87. The van der Waals surface area contributed by atoms with E-state index in [1.807, 2.05) is 0 Å². The highest BCUT2D eigenvalue weighted by Crippen LogP contribution is 2.25. The van der Waals surface area contributed by atoms with Gasteiger partial charge in [-0.3, -0.25) is 0 Å². The lowest BCUT2D eigenvalue weighted by molar-refractivity contribution is 0.512. The molecule has 1 fully saturated rings. The van der Waals surface area contributed by atoms with Crippen LogP contribution in [0.3, 0.4) is 0 Å². The van der Waals surface area contributed by atoms with E-state index in [1.165, 1.54) is 6.07 Å². The molecule has 0 radical (unpaired) electrons. The van der Waals surface area contributed by atoms with E-state index < -0.39 is 19.9 Å². The quantitative estimate of drug-likeness (QED) is 0.788. The Hall–Kier alpha value is -0.150. The van der Waals surface area contributed by atoms with E-state index in [1.54, 1.807) is 6.07 Å². The highest BCUT2D eigenvalue weighted by atomic mass is 35.5. The third-order valence-corrected chi connectivity index (χ3v) is 8.24. The second kappa shape index (κ2) is 6.31. The molecule has 0 aliphatic carbocycles. The zero-order valence-corrected chi connectivity index (χ0v) is 13.9. The molecule has 1 N–H and O–H groups in total. The van der Waals surface area contributed by atoms with E-state index in [4.69, 9.17) is 11.6 Å². The summed E-state index contributed by atoms with van der Waals surface area (Å²) in [6, 6.07) is 3.02. The summed E-state index contributed by atoms with van der Waals surface area (Å²) in [7, 11) is -6.35. The molecule has 2 heterocycles. The molecule has 0 amide bonds. The van der Waals surface area contributed by atoms with Crippen LogP contribution in [0.15, 0.2) is 16.3 Å². The van der Waals surface area contributed by atoms with Gasteiger partial charge in [-0.25, -0.2) is 21.6 Å². The van der Waals surface area contributed by atoms with Gasteiger partial charge in [-0.1, -0.05) is 11.6 Å². The molecule has 9 heteroatoms. The van der Waals surface area contributed by atoms with Gasteiger partial charge in [-0.05, 0) is 37.3 Å². The largest absolute Gasteiger partial charge is 0.250 e. The van der Waals surface area contributed by atoms with E-state index >= 15 is 0 Å². The van der Waals surface area contributed by atoms with E-state index in [2.05, 4.69) is 4.72 Å². The molecule has 114 valence electrons. The summed E-state index contributed by atoms with van der Waals surface area (Å²) < 4.78 is 49.5. The predicted molar refractivity (Wildman–Crippen MR) is 80.5 cm³/mol. The van der Waals surface area contributed by atoms with Crippen LogP contribution in [0.5, 0.6) is 0 Å². The van der Waals surface area contributed by atoms with E-state index in [0.29, 0.717) is 23.7 Å². The van der Waals surface area contributed by atoms with Gasteiger partial charge in [0.1, 0.15) is 4.21 Å². The Balaban J connectivity index is 1.76. The van der Waals surface area contributed by atoms with Crippen molar-refractivity contribution in [3.8, 4) is 0 Å². The smallest absolute Gasteiger partial charge is 0.229 e. The first kappa shape index (κ1) is 16.2. The monoisotopic (exact) mass is 357 g/mol. The van der Waals surface area contributed by atoms with Crippen LogP contribution in [0.25, 0.3) is 0 Å². The minimum atomic E-state index is -3.49. The van der Waals surface area contributed by atoms with Crippen LogP contribution in [0.2, 0.25) is 4.34 Å². The number of hydrogen-bond donors (Lipinski definition) is 1. The predicted octanol–water partition coefficient (Wildman–Crippen LogP) is 1.89. The van der Waals surface area contributed by atoms with Crippen molar-refractivity contribution in [2.24, 2.45) is 5.92 Å². The number of sulfone groups is 1. The van der Waals surface area contributed by atoms with Crippen LogP contribution < -0.4 is 4.72 Å². The first-order valence-electron chi connectivity index (χ1n) is 6.24. The Morgan fingerprint density at radius 1 is 1.40 bits per heavy atom. The third kappa shape index (κ3) is 4.42. The van der Waals surface area contributed by atoms with Crippen molar-refractivity contribution >= 4 is 42.8 Å². The lowest BCUT2D eigenvalue weighted by Gasteiger charge is -2.08. The lowest BCUT2D eigenvalue weighted by Crippen LogP contribution is -2.24. The average molecular weight is 358 g/mol. The molecule has 0 aromatic carbocycles. The summed E-state index contributed by atoms with van der Waals surface area (Å²) in [6.07, 6.45) is 2.06. The number of sulfonamides is 1. The maximum atomic E-state index is 11.9. The van der Waals surface area contributed by atoms with Gasteiger partial charge >= 0.3 is 0 Å². The van der Waals surface area contributed by atoms with Crippen molar-refractivity contribution < 1.29 is 16.8 Å². The zero-order chi connectivity index (χ0) is 14.8. The molecule has 1 aromatic heterocycles. The van der Waals surface area contributed by atoms with E-state index in [0.717, 1.165) is 17.8 Å². The van der Waals surface area contributed by atoms with Crippen molar-refractivity contribution in [2.45, 2.75) is 23.5 Å². The van der Waals surface area contributed by atoms with Crippen molar-refractivity contribution in [1.82, 2.24) is 4.72 Å². The summed E-state index contributed by atoms with van der Waals surface area (Å²) in [5.74, 6) is 0.665. The van der Waals surface area contributed by atoms with Crippen LogP contribution >= 0.6 is 22.9 Å². The van der Waals surface area contributed by atoms with Crippen LogP contribution in [-0.2, 0) is 19.9 Å². The standard InChI is InChI=1S/C11H16ClNO4S3/c12-10-3-4-11(18-10)20(16,17)13-6-1-2-9-5-7-19(14,15)8-9/h3-4,9,13H,1-2,5-8H2. The van der Waals surface area contributed by atoms with Crippen molar-refractivity contribution in [1.29, 1.82) is 0 Å². The summed E-state index contributed by atoms with van der Waals surface area (Å²) in [4.78, 5) is 0. The summed E-state index contributed by atoms with van der Waals surface area (Å²) in [6.45, 7) is 0.314. The Morgan fingerprint density at radius 3 is 2.70 bits per heavy atom. The maximum Gasteiger partial charge on any atom is 0.250 e. The molecule has 2 rings (SSSR count). The highest BCUT2D eigenvalue weighted by molar-refractivity contribution is 7.91. The summed E-state index contributed by atoms with van der Waals surface area (Å²) >= 11 is 6.72. The Labute approximate surface area is 128 Å². The molecule has 1 aliphatic heterocycles. The Kier molecular flexibility index (Phi) is 5.12. The van der Waals surface area contributed by atoms with Crippen LogP contribution in [0.4, 0.5) is 0 Å². The number of thiophene rings is 1. The molecule has 0 spiro atoms. The number of rotatable bonds is 6. The minimum absolute atomic E-state index is 0.167. The average Bonchev–Trinajstić information content (AvgIpc) is 2.91. The van der Waals surface area contributed by atoms with E-state index in [-0.39, 0.29) is 21.6 Å². The first-order valence-corrected chi connectivity index (χ1v) is 10.7. The normalized spacial score (nSPS) is 22.1. The van der Waals surface area contributed by atoms with Gasteiger partial charge in [0.2, 0.25) is 10.0 Å². The SMILES string of the molecule is O=S1(=O)CCC(CCCNS(=O)(=O)c2ccc(Cl)s2)C1. The molecule has 0 saturated carbocycles. The molecule has 1 saturated heterocycles. The molecular weight excluding hydrogens is 342 g/mol. The number of hydrogen-bond acceptors (Lipinski definition) is 5. The van der Waals surface area contributed by atoms with Gasteiger partial charge in [0, 0.05) is 6.54 Å². The highest BCUT2D eigenvalue weighted by Gasteiger charge is 2.27. The van der Waals surface area contributed by atoms with Gasteiger partial charge in [-0.15, -0.1) is 11.3 Å². The Bertz CT molecular complexity index is 666. The molecular formula is C11H16ClNO4S3. The van der Waals surface area contributed by atoms with Gasteiger partial charge in [0.15, 0.2) is 9.84 Å². The summed E-state index contributed by atoms with van der Waals surface area (Å²) in [5.41, 5.74) is 0. The van der Waals surface area contributed by atoms with Crippen molar-refractivity contribution in [3.05, 3.63) is 16.5 Å². The minimum Gasteiger partial charge on any atom is -0.229 e. The van der Waals surface area contributed by atoms with Crippen LogP contribution in [0, 0.1) is 5.92 Å². The van der Waals surface area contributed by atoms with Gasteiger partial charge in [0.25, 0.3) is 0 Å². The topological polar surface area (TPSA) is 80.3 Å². The maximum absolute atomic E-state index is 11.9. The summed E-state index contributed by atoms with van der Waals surface area (Å²) in [5, 5.41) is 0. The fourth-order valence-corrected chi connectivity index (χ4v) is 6.72. The fraction of sp³-hybridized carbons (Fsp3) is 0.636. The molecule has 1 atom stereocenters. The lowest BCUT2D eigenvalue weighted by atomic mass is 10.0. The molecule has 1 aromatic rings. The zero-order valence-electron chi connectivity index (χ0n) is 10.7. The molecule has 1 unspecified atom stereocenters. The van der Waals surface area contributed by atoms with Gasteiger partial charge < -0.3 is 0 Å². The molecule has 20 heavy (non-hydrogen) atoms. The molecule has 1 aliphatic rings. The van der Waals surface area contributed by atoms with Gasteiger partial charge in [0.05, 0.1) is 15.8 Å². The third-order valence-electron chi connectivity index (χ3n) is 3.22. The number of halogens is 1. The van der Waals surface area contributed by atoms with Gasteiger partial charge in [-0.2, -0.15) is 0 Å². The van der Waals surface area contributed by atoms with E-state index in [9.17, 15) is 16.8 Å². The van der Waals surface area contributed by atoms with Crippen LogP contribution in [0.1, 0.15) is 19.3 Å². The number of nitrogens with one attached hydrogen (secondary N) is 1.